The van der Waals surface area contributed by atoms with E-state index in [9.17, 15) is 0 Å². The lowest BCUT2D eigenvalue weighted by atomic mass is 10.0. The van der Waals surface area contributed by atoms with Crippen molar-refractivity contribution in [2.75, 3.05) is 32.7 Å². The second-order valence-corrected chi connectivity index (χ2v) is 5.88. The summed E-state index contributed by atoms with van der Waals surface area (Å²) < 4.78 is 0. The van der Waals surface area contributed by atoms with Crippen molar-refractivity contribution in [3.8, 4) is 0 Å². The zero-order valence-electron chi connectivity index (χ0n) is 11.1. The van der Waals surface area contributed by atoms with Crippen molar-refractivity contribution in [2.45, 2.75) is 19.3 Å². The molecule has 0 amide bonds. The number of hydrogen-bond donors (Lipinski definition) is 1. The molecule has 1 aromatic carbocycles. The number of fused-ring (bicyclic) bond motifs is 1. The normalized spacial score (nSPS) is 27.6. The van der Waals surface area contributed by atoms with E-state index in [1.807, 2.05) is 0 Å². The zero-order valence-corrected chi connectivity index (χ0v) is 11.1. The van der Waals surface area contributed by atoms with E-state index in [0.29, 0.717) is 0 Å². The minimum Gasteiger partial charge on any atom is -0.316 e. The Balaban J connectivity index is 1.34. The Morgan fingerprint density at radius 2 is 1.72 bits per heavy atom. The van der Waals surface area contributed by atoms with Crippen LogP contribution in [-0.2, 0) is 6.42 Å². The fraction of sp³-hybridized carbons (Fsp3) is 0.625. The molecule has 2 fully saturated rings. The largest absolute Gasteiger partial charge is 0.316 e. The van der Waals surface area contributed by atoms with Crippen LogP contribution in [0.4, 0.5) is 0 Å². The van der Waals surface area contributed by atoms with Crippen molar-refractivity contribution < 1.29 is 0 Å². The summed E-state index contributed by atoms with van der Waals surface area (Å²) in [6, 6.07) is 10.9. The molecule has 2 aliphatic rings. The number of rotatable bonds is 5. The maximum absolute atomic E-state index is 3.51. The molecule has 0 aliphatic carbocycles. The Bertz CT molecular complexity index is 351. The summed E-state index contributed by atoms with van der Waals surface area (Å²) in [6.07, 6.45) is 3.92. The van der Waals surface area contributed by atoms with Gasteiger partial charge in [-0.3, -0.25) is 0 Å². The maximum atomic E-state index is 3.51. The fourth-order valence-electron chi connectivity index (χ4n) is 3.44. The van der Waals surface area contributed by atoms with Gasteiger partial charge in [0.15, 0.2) is 0 Å². The van der Waals surface area contributed by atoms with Gasteiger partial charge < -0.3 is 10.2 Å². The number of likely N-dealkylation sites (tertiary alicyclic amines) is 1. The van der Waals surface area contributed by atoms with E-state index in [-0.39, 0.29) is 0 Å². The molecule has 2 aliphatic heterocycles. The van der Waals surface area contributed by atoms with Gasteiger partial charge in [0.05, 0.1) is 0 Å². The molecule has 2 heterocycles. The van der Waals surface area contributed by atoms with E-state index >= 15 is 0 Å². The molecular weight excluding hydrogens is 220 g/mol. The minimum absolute atomic E-state index is 0.944. The summed E-state index contributed by atoms with van der Waals surface area (Å²) in [5.41, 5.74) is 1.49. The van der Waals surface area contributed by atoms with E-state index in [1.54, 1.807) is 0 Å². The molecule has 2 nitrogen and oxygen atoms in total. The average Bonchev–Trinajstić information content (AvgIpc) is 2.96. The average molecular weight is 244 g/mol. The van der Waals surface area contributed by atoms with Crippen molar-refractivity contribution in [2.24, 2.45) is 11.8 Å². The highest BCUT2D eigenvalue weighted by molar-refractivity contribution is 5.14. The summed E-state index contributed by atoms with van der Waals surface area (Å²) >= 11 is 0. The van der Waals surface area contributed by atoms with Crippen molar-refractivity contribution in [3.05, 3.63) is 35.9 Å². The van der Waals surface area contributed by atoms with Gasteiger partial charge in [0, 0.05) is 13.1 Å². The molecule has 2 saturated heterocycles. The third-order valence-electron chi connectivity index (χ3n) is 4.50. The third kappa shape index (κ3) is 2.93. The Morgan fingerprint density at radius 3 is 2.44 bits per heavy atom. The molecule has 1 aromatic rings. The van der Waals surface area contributed by atoms with E-state index < -0.39 is 0 Å². The van der Waals surface area contributed by atoms with Crippen molar-refractivity contribution in [1.29, 1.82) is 0 Å². The molecule has 0 aromatic heterocycles. The summed E-state index contributed by atoms with van der Waals surface area (Å²) in [5.74, 6) is 1.89. The molecule has 0 unspecified atom stereocenters. The van der Waals surface area contributed by atoms with Gasteiger partial charge in [-0.15, -0.1) is 0 Å². The van der Waals surface area contributed by atoms with Crippen molar-refractivity contribution in [1.82, 2.24) is 10.2 Å². The first kappa shape index (κ1) is 12.2. The second kappa shape index (κ2) is 5.85. The van der Waals surface area contributed by atoms with Crippen LogP contribution in [0, 0.1) is 11.8 Å². The first-order valence-corrected chi connectivity index (χ1v) is 7.39. The van der Waals surface area contributed by atoms with Gasteiger partial charge in [0.1, 0.15) is 0 Å². The number of benzene rings is 1. The molecule has 98 valence electrons. The van der Waals surface area contributed by atoms with E-state index in [4.69, 9.17) is 0 Å². The highest BCUT2D eigenvalue weighted by atomic mass is 15.2. The van der Waals surface area contributed by atoms with Crippen LogP contribution < -0.4 is 5.32 Å². The first-order chi connectivity index (χ1) is 8.92. The second-order valence-electron chi connectivity index (χ2n) is 5.88. The molecule has 0 spiro atoms. The maximum Gasteiger partial charge on any atom is 0.00255 e. The standard InChI is InChI=1S/C16H24N2/c1-2-6-14(7-3-1)8-4-5-9-18-12-15-10-17-11-16(15)13-18/h1-3,6-7,15-17H,4-5,8-13H2/t15-,16+. The van der Waals surface area contributed by atoms with Gasteiger partial charge in [0.25, 0.3) is 0 Å². The lowest BCUT2D eigenvalue weighted by Gasteiger charge is -2.16. The summed E-state index contributed by atoms with van der Waals surface area (Å²) in [5, 5.41) is 3.51. The number of nitrogens with zero attached hydrogens (tertiary/aromatic N) is 1. The molecule has 0 saturated carbocycles. The highest BCUT2D eigenvalue weighted by Gasteiger charge is 2.35. The Morgan fingerprint density at radius 1 is 1.00 bits per heavy atom. The van der Waals surface area contributed by atoms with Gasteiger partial charge in [0.2, 0.25) is 0 Å². The Kier molecular flexibility index (Phi) is 3.96. The number of aryl methyl sites for hydroxylation is 1. The molecule has 18 heavy (non-hydrogen) atoms. The molecule has 2 atom stereocenters. The number of nitrogens with one attached hydrogen (secondary N) is 1. The van der Waals surface area contributed by atoms with Crippen LogP contribution in [0.3, 0.4) is 0 Å². The summed E-state index contributed by atoms with van der Waals surface area (Å²) in [7, 11) is 0. The smallest absolute Gasteiger partial charge is 0.00255 e. The minimum atomic E-state index is 0.944. The SMILES string of the molecule is c1ccc(CCCCN2C[C@H]3CNC[C@H]3C2)cc1. The Hall–Kier alpha value is -0.860. The van der Waals surface area contributed by atoms with E-state index in [2.05, 4.69) is 40.5 Å². The van der Waals surface area contributed by atoms with Gasteiger partial charge in [-0.1, -0.05) is 30.3 Å². The fourth-order valence-corrected chi connectivity index (χ4v) is 3.44. The predicted octanol–water partition coefficient (Wildman–Crippen LogP) is 2.16. The quantitative estimate of drug-likeness (QED) is 0.799. The number of hydrogen-bond acceptors (Lipinski definition) is 2. The van der Waals surface area contributed by atoms with Crippen LogP contribution >= 0.6 is 0 Å². The Labute approximate surface area is 110 Å². The zero-order chi connectivity index (χ0) is 12.2. The predicted molar refractivity (Wildman–Crippen MR) is 75.7 cm³/mol. The van der Waals surface area contributed by atoms with Crippen LogP contribution in [0.25, 0.3) is 0 Å². The topological polar surface area (TPSA) is 15.3 Å². The van der Waals surface area contributed by atoms with E-state index in [0.717, 1.165) is 11.8 Å². The van der Waals surface area contributed by atoms with Gasteiger partial charge in [-0.25, -0.2) is 0 Å². The lowest BCUT2D eigenvalue weighted by Crippen LogP contribution is -2.26. The molecule has 1 N–H and O–H groups in total. The lowest BCUT2D eigenvalue weighted by molar-refractivity contribution is 0.306. The first-order valence-electron chi connectivity index (χ1n) is 7.39. The summed E-state index contributed by atoms with van der Waals surface area (Å²) in [4.78, 5) is 2.68. The monoisotopic (exact) mass is 244 g/mol. The van der Waals surface area contributed by atoms with E-state index in [1.165, 1.54) is 57.5 Å². The third-order valence-corrected chi connectivity index (χ3v) is 4.50. The van der Waals surface area contributed by atoms with Gasteiger partial charge in [-0.2, -0.15) is 0 Å². The molecule has 3 rings (SSSR count). The molecule has 0 bridgehead atoms. The van der Waals surface area contributed by atoms with Crippen LogP contribution in [0.15, 0.2) is 30.3 Å². The molecule has 0 radical (unpaired) electrons. The van der Waals surface area contributed by atoms with Gasteiger partial charge >= 0.3 is 0 Å². The molecular formula is C16H24N2. The van der Waals surface area contributed by atoms with Crippen LogP contribution in [0.5, 0.6) is 0 Å². The van der Waals surface area contributed by atoms with Crippen LogP contribution in [-0.4, -0.2) is 37.6 Å². The highest BCUT2D eigenvalue weighted by Crippen LogP contribution is 2.26. The summed E-state index contributed by atoms with van der Waals surface area (Å²) in [6.45, 7) is 6.49. The molecule has 2 heteroatoms. The van der Waals surface area contributed by atoms with Crippen molar-refractivity contribution >= 4 is 0 Å². The van der Waals surface area contributed by atoms with Crippen molar-refractivity contribution in [3.63, 3.8) is 0 Å². The number of unbranched alkanes of at least 4 members (excludes halogenated alkanes) is 1. The van der Waals surface area contributed by atoms with Crippen LogP contribution in [0.1, 0.15) is 18.4 Å². The van der Waals surface area contributed by atoms with Crippen LogP contribution in [0.2, 0.25) is 0 Å². The van der Waals surface area contributed by atoms with Gasteiger partial charge in [-0.05, 0) is 56.3 Å².